The summed E-state index contributed by atoms with van der Waals surface area (Å²) in [7, 11) is 3.11. The summed E-state index contributed by atoms with van der Waals surface area (Å²) in [5, 5.41) is 9.54. The van der Waals surface area contributed by atoms with Crippen LogP contribution in [0.4, 0.5) is 23.2 Å². The summed E-state index contributed by atoms with van der Waals surface area (Å²) in [6.45, 7) is 9.86. The van der Waals surface area contributed by atoms with Crippen molar-refractivity contribution in [1.29, 1.82) is 0 Å². The number of piperidine rings is 2. The lowest BCUT2D eigenvalue weighted by atomic mass is 9.85. The topological polar surface area (TPSA) is 85.8 Å². The van der Waals surface area contributed by atoms with E-state index in [1.54, 1.807) is 31.3 Å². The van der Waals surface area contributed by atoms with Gasteiger partial charge in [-0.25, -0.2) is 4.39 Å². The Bertz CT molecular complexity index is 1600. The number of methoxy groups -OCH3 is 2. The molecule has 4 aliphatic rings. The fourth-order valence-electron chi connectivity index (χ4n) is 9.16. The van der Waals surface area contributed by atoms with E-state index in [-0.39, 0.29) is 56.8 Å². The Hall–Kier alpha value is -3.42. The molecule has 1 amide bonds. The van der Waals surface area contributed by atoms with Gasteiger partial charge < -0.3 is 24.4 Å². The van der Waals surface area contributed by atoms with E-state index < -0.39 is 47.0 Å². The minimum Gasteiger partial charge on any atom is -0.497 e. The lowest BCUT2D eigenvalue weighted by molar-refractivity contribution is -0.143. The number of alkyl halides is 4. The van der Waals surface area contributed by atoms with Crippen molar-refractivity contribution in [3.05, 3.63) is 59.2 Å². The van der Waals surface area contributed by atoms with Crippen LogP contribution in [-0.2, 0) is 20.5 Å². The van der Waals surface area contributed by atoms with Crippen LogP contribution in [0.2, 0.25) is 0 Å². The van der Waals surface area contributed by atoms with Crippen LogP contribution >= 0.6 is 0 Å². The Morgan fingerprint density at radius 3 is 2.13 bits per heavy atom. The van der Waals surface area contributed by atoms with Crippen LogP contribution in [0.15, 0.2) is 42.5 Å². The normalized spacial score (nSPS) is 27.1. The van der Waals surface area contributed by atoms with Crippen LogP contribution < -0.4 is 9.64 Å². The van der Waals surface area contributed by atoms with E-state index in [0.29, 0.717) is 36.4 Å². The number of hydrogen-bond donors (Lipinski definition) is 1. The monoisotopic (exact) mass is 746 g/mol. The summed E-state index contributed by atoms with van der Waals surface area (Å²) in [6.07, 6.45) is -2.21. The van der Waals surface area contributed by atoms with Crippen LogP contribution in [0.25, 0.3) is 0 Å². The van der Waals surface area contributed by atoms with Gasteiger partial charge in [0.05, 0.1) is 25.2 Å². The molecule has 2 aromatic rings. The molecule has 4 saturated heterocycles. The number of hydrogen-bond acceptors (Lipinski definition) is 7. The highest BCUT2D eigenvalue weighted by Gasteiger charge is 2.57. The van der Waals surface area contributed by atoms with E-state index in [1.165, 1.54) is 6.07 Å². The Morgan fingerprint density at radius 1 is 0.906 bits per heavy atom. The van der Waals surface area contributed by atoms with Crippen LogP contribution in [0.3, 0.4) is 0 Å². The number of aliphatic carboxylic acids is 1. The number of halogens is 4. The van der Waals surface area contributed by atoms with E-state index in [0.717, 1.165) is 43.6 Å². The summed E-state index contributed by atoms with van der Waals surface area (Å²) in [5.41, 5.74) is -1.27. The molecule has 9 nitrogen and oxygen atoms in total. The van der Waals surface area contributed by atoms with Gasteiger partial charge in [0.1, 0.15) is 5.75 Å². The minimum absolute atomic E-state index is 0.0360. The number of anilines is 1. The molecule has 0 aromatic heterocycles. The van der Waals surface area contributed by atoms with Gasteiger partial charge in [0.25, 0.3) is 5.91 Å². The Kier molecular flexibility index (Phi) is 11.4. The van der Waals surface area contributed by atoms with Crippen molar-refractivity contribution in [1.82, 2.24) is 14.7 Å². The molecule has 0 unspecified atom stereocenters. The van der Waals surface area contributed by atoms with Gasteiger partial charge in [0.15, 0.2) is 0 Å². The molecule has 53 heavy (non-hydrogen) atoms. The highest BCUT2D eigenvalue weighted by molar-refractivity contribution is 5.88. The van der Waals surface area contributed by atoms with Crippen molar-refractivity contribution in [2.75, 3.05) is 78.1 Å². The molecule has 4 aliphatic heterocycles. The second-order valence-electron chi connectivity index (χ2n) is 16.4. The highest BCUT2D eigenvalue weighted by Crippen LogP contribution is 2.47. The first-order valence-electron chi connectivity index (χ1n) is 18.8. The first-order chi connectivity index (χ1) is 25.0. The van der Waals surface area contributed by atoms with Gasteiger partial charge in [-0.1, -0.05) is 18.2 Å². The molecule has 0 spiro atoms. The van der Waals surface area contributed by atoms with Gasteiger partial charge in [-0.05, 0) is 81.8 Å². The molecule has 4 heterocycles. The summed E-state index contributed by atoms with van der Waals surface area (Å²) >= 11 is 0. The van der Waals surface area contributed by atoms with Crippen molar-refractivity contribution in [2.45, 2.75) is 81.7 Å². The van der Waals surface area contributed by atoms with Crippen molar-refractivity contribution in [2.24, 2.45) is 11.8 Å². The van der Waals surface area contributed by atoms with Gasteiger partial charge in [-0.15, -0.1) is 0 Å². The third kappa shape index (κ3) is 8.17. The lowest BCUT2D eigenvalue weighted by Crippen LogP contribution is -2.52. The largest absolute Gasteiger partial charge is 0.497 e. The van der Waals surface area contributed by atoms with E-state index >= 15 is 4.39 Å². The first-order valence-corrected chi connectivity index (χ1v) is 18.8. The van der Waals surface area contributed by atoms with Crippen molar-refractivity contribution in [3.63, 3.8) is 0 Å². The molecule has 0 bridgehead atoms. The van der Waals surface area contributed by atoms with Gasteiger partial charge >= 0.3 is 12.1 Å². The van der Waals surface area contributed by atoms with Crippen LogP contribution in [0.5, 0.6) is 5.75 Å². The number of carboxylic acid groups (broad SMARTS) is 1. The number of carbonyl (C=O) groups excluding carboxylic acids is 1. The fourth-order valence-corrected chi connectivity index (χ4v) is 9.16. The summed E-state index contributed by atoms with van der Waals surface area (Å²) < 4.78 is 71.0. The number of carboxylic acids is 1. The van der Waals surface area contributed by atoms with Crippen LogP contribution in [0, 0.1) is 11.8 Å². The van der Waals surface area contributed by atoms with E-state index in [9.17, 15) is 27.9 Å². The quantitative estimate of drug-likeness (QED) is 0.301. The van der Waals surface area contributed by atoms with Crippen LogP contribution in [-0.4, -0.2) is 122 Å². The molecule has 1 N–H and O–H groups in total. The fraction of sp³-hybridized carbons (Fsp3) is 0.650. The predicted octanol–water partition coefficient (Wildman–Crippen LogP) is 6.27. The zero-order chi connectivity index (χ0) is 38.3. The summed E-state index contributed by atoms with van der Waals surface area (Å²) in [5.74, 6) is -2.87. The van der Waals surface area contributed by atoms with E-state index in [4.69, 9.17) is 9.47 Å². The number of benzene rings is 2. The SMILES string of the molecule is COC[C@H]1CN(C(=O)[C@]2(F)CN(C3CCN(C(C)(C)C)CC3)C[C@H]2c2ccc(OC)cc2)C[C@@H]1c1ccc(C(F)(F)F)cc1N1CCC(C(=O)O)CC1. The average Bonchev–Trinajstić information content (AvgIpc) is 3.72. The Labute approximate surface area is 310 Å². The molecule has 4 fully saturated rings. The molecule has 2 aromatic carbocycles. The zero-order valence-electron chi connectivity index (χ0n) is 31.5. The Morgan fingerprint density at radius 2 is 1.57 bits per heavy atom. The van der Waals surface area contributed by atoms with Crippen molar-refractivity contribution in [3.8, 4) is 5.75 Å². The number of nitrogens with zero attached hydrogens (tertiary/aromatic N) is 4. The molecular formula is C40H54F4N4O5. The van der Waals surface area contributed by atoms with Crippen molar-refractivity contribution >= 4 is 17.6 Å². The maximum absolute atomic E-state index is 18.0. The Balaban J connectivity index is 1.30. The predicted molar refractivity (Wildman–Crippen MR) is 194 cm³/mol. The van der Waals surface area contributed by atoms with E-state index in [1.807, 2.05) is 17.0 Å². The molecule has 4 atom stereocenters. The maximum Gasteiger partial charge on any atom is 0.416 e. The van der Waals surface area contributed by atoms with Gasteiger partial charge in [-0.2, -0.15) is 13.2 Å². The first kappa shape index (κ1) is 39.3. The molecule has 0 saturated carbocycles. The maximum atomic E-state index is 18.0. The molecular weight excluding hydrogens is 692 g/mol. The molecule has 0 aliphatic carbocycles. The summed E-state index contributed by atoms with van der Waals surface area (Å²) in [6, 6.07) is 11.1. The number of amides is 1. The molecule has 292 valence electrons. The molecule has 0 radical (unpaired) electrons. The number of ether oxygens (including phenoxy) is 2. The van der Waals surface area contributed by atoms with E-state index in [2.05, 4.69) is 30.6 Å². The lowest BCUT2D eigenvalue weighted by Gasteiger charge is -2.43. The standard InChI is InChI=1S/C40H54F4N4O5/c1-38(2,3)48-18-14-30(15-19-48)47-23-34(26-6-9-31(53-5)10-7-26)39(41,25-47)37(51)46-21-28(24-52-4)33(22-46)32-11-8-29(40(42,43)44)20-35(32)45-16-12-27(13-17-45)36(49)50/h6-11,20,27-28,30,33-34H,12-19,21-25H2,1-5H3,(H,49,50)/t28-,33+,34+,39+/m1/s1. The average molecular weight is 747 g/mol. The smallest absolute Gasteiger partial charge is 0.416 e. The van der Waals surface area contributed by atoms with Gasteiger partial charge in [0.2, 0.25) is 5.67 Å². The second kappa shape index (κ2) is 15.4. The minimum atomic E-state index is -4.58. The number of likely N-dealkylation sites (tertiary alicyclic amines) is 3. The van der Waals surface area contributed by atoms with Crippen LogP contribution in [0.1, 0.15) is 75.0 Å². The zero-order valence-corrected chi connectivity index (χ0v) is 31.5. The third-order valence-corrected chi connectivity index (χ3v) is 12.3. The molecule has 6 rings (SSSR count). The summed E-state index contributed by atoms with van der Waals surface area (Å²) in [4.78, 5) is 34.4. The molecule has 13 heteroatoms. The van der Waals surface area contributed by atoms with Gasteiger partial charge in [-0.3, -0.25) is 19.4 Å². The highest BCUT2D eigenvalue weighted by atomic mass is 19.4. The number of rotatable bonds is 9. The number of carbonyl (C=O) groups is 2. The second-order valence-corrected chi connectivity index (χ2v) is 16.4. The third-order valence-electron chi connectivity index (χ3n) is 12.3. The van der Waals surface area contributed by atoms with Gasteiger partial charge in [0, 0.05) is 94.5 Å². The van der Waals surface area contributed by atoms with Crippen molar-refractivity contribution < 1.29 is 41.7 Å².